The zero-order valence-corrected chi connectivity index (χ0v) is 14.4. The van der Waals surface area contributed by atoms with Crippen molar-refractivity contribution >= 4 is 17.3 Å². The second kappa shape index (κ2) is 8.65. The van der Waals surface area contributed by atoms with E-state index in [-0.39, 0.29) is 12.2 Å². The van der Waals surface area contributed by atoms with E-state index in [9.17, 15) is 19.7 Å². The van der Waals surface area contributed by atoms with Crippen LogP contribution >= 0.6 is 0 Å². The molecule has 9 nitrogen and oxygen atoms in total. The molecule has 0 unspecified atom stereocenters. The molecule has 1 amide bonds. The van der Waals surface area contributed by atoms with Gasteiger partial charge in [-0.05, 0) is 26.0 Å². The van der Waals surface area contributed by atoms with Crippen LogP contribution in [0.2, 0.25) is 0 Å². The number of anilines is 1. The lowest BCUT2D eigenvalue weighted by atomic mass is 10.2. The van der Waals surface area contributed by atoms with E-state index < -0.39 is 16.4 Å². The van der Waals surface area contributed by atoms with E-state index in [4.69, 9.17) is 9.47 Å². The Balaban J connectivity index is 2.21. The third kappa shape index (κ3) is 4.82. The Labute approximate surface area is 149 Å². The van der Waals surface area contributed by atoms with Crippen molar-refractivity contribution in [2.24, 2.45) is 0 Å². The summed E-state index contributed by atoms with van der Waals surface area (Å²) in [5.41, 5.74) is -0.397. The summed E-state index contributed by atoms with van der Waals surface area (Å²) in [6.45, 7) is 4.14. The first-order chi connectivity index (χ1) is 12.4. The number of aromatic nitrogens is 1. The third-order valence-electron chi connectivity index (χ3n) is 3.33. The second-order valence-corrected chi connectivity index (χ2v) is 5.18. The molecule has 1 N–H and O–H groups in total. The zero-order chi connectivity index (χ0) is 19.1. The van der Waals surface area contributed by atoms with Crippen LogP contribution in [0.25, 0.3) is 0 Å². The summed E-state index contributed by atoms with van der Waals surface area (Å²) in [5.74, 6) is 0.483. The summed E-state index contributed by atoms with van der Waals surface area (Å²) in [4.78, 5) is 34.3. The Hall–Kier alpha value is -3.36. The van der Waals surface area contributed by atoms with Crippen molar-refractivity contribution in [3.8, 4) is 11.5 Å². The van der Waals surface area contributed by atoms with E-state index >= 15 is 0 Å². The summed E-state index contributed by atoms with van der Waals surface area (Å²) in [5, 5.41) is 13.5. The van der Waals surface area contributed by atoms with Gasteiger partial charge in [-0.25, -0.2) is 0 Å². The van der Waals surface area contributed by atoms with Crippen molar-refractivity contribution in [1.29, 1.82) is 0 Å². The first kappa shape index (κ1) is 19.0. The van der Waals surface area contributed by atoms with E-state index in [2.05, 4.69) is 5.32 Å². The minimum Gasteiger partial charge on any atom is -0.494 e. The molecule has 0 saturated heterocycles. The molecule has 0 aliphatic rings. The molecule has 0 saturated carbocycles. The first-order valence-electron chi connectivity index (χ1n) is 7.99. The molecule has 0 radical (unpaired) electrons. The SMILES string of the molecule is CCOc1ccc(OCC)c(NC(=O)Cn2cc([N+](=O)[O-])ccc2=O)c1. The number of pyridine rings is 1. The van der Waals surface area contributed by atoms with Gasteiger partial charge in [-0.15, -0.1) is 0 Å². The summed E-state index contributed by atoms with van der Waals surface area (Å²) < 4.78 is 11.8. The normalized spacial score (nSPS) is 10.2. The molecular weight excluding hydrogens is 342 g/mol. The number of rotatable bonds is 8. The molecule has 0 aliphatic heterocycles. The number of nitrogens with zero attached hydrogens (tertiary/aromatic N) is 2. The first-order valence-corrected chi connectivity index (χ1v) is 7.99. The lowest BCUT2D eigenvalue weighted by Gasteiger charge is -2.14. The molecule has 1 heterocycles. The highest BCUT2D eigenvalue weighted by atomic mass is 16.6. The maximum Gasteiger partial charge on any atom is 0.285 e. The number of hydrogen-bond donors (Lipinski definition) is 1. The number of amides is 1. The van der Waals surface area contributed by atoms with Crippen molar-refractivity contribution < 1.29 is 19.2 Å². The number of benzene rings is 1. The van der Waals surface area contributed by atoms with Crippen molar-refractivity contribution in [1.82, 2.24) is 4.57 Å². The minimum atomic E-state index is -0.632. The van der Waals surface area contributed by atoms with E-state index in [0.29, 0.717) is 30.4 Å². The molecule has 138 valence electrons. The van der Waals surface area contributed by atoms with Gasteiger partial charge in [0.25, 0.3) is 11.2 Å². The highest BCUT2D eigenvalue weighted by molar-refractivity contribution is 5.92. The van der Waals surface area contributed by atoms with Gasteiger partial charge in [0.15, 0.2) is 0 Å². The Morgan fingerprint density at radius 3 is 2.58 bits per heavy atom. The number of carbonyl (C=O) groups is 1. The third-order valence-corrected chi connectivity index (χ3v) is 3.33. The van der Waals surface area contributed by atoms with Gasteiger partial charge < -0.3 is 14.8 Å². The van der Waals surface area contributed by atoms with Gasteiger partial charge in [0.05, 0.1) is 30.0 Å². The molecule has 1 aromatic carbocycles. The average molecular weight is 361 g/mol. The van der Waals surface area contributed by atoms with E-state index in [0.717, 1.165) is 22.9 Å². The standard InChI is InChI=1S/C17H19N3O6/c1-3-25-13-6-7-15(26-4-2)14(9-13)18-16(21)11-19-10-12(20(23)24)5-8-17(19)22/h5-10H,3-4,11H2,1-2H3,(H,18,21). The van der Waals surface area contributed by atoms with Crippen LogP contribution in [0, 0.1) is 10.1 Å². The van der Waals surface area contributed by atoms with Crippen molar-refractivity contribution in [2.45, 2.75) is 20.4 Å². The quantitative estimate of drug-likeness (QED) is 0.570. The van der Waals surface area contributed by atoms with Gasteiger partial charge in [-0.3, -0.25) is 24.3 Å². The number of nitro groups is 1. The molecule has 0 atom stereocenters. The maximum atomic E-state index is 12.3. The van der Waals surface area contributed by atoms with Crippen molar-refractivity contribution in [3.05, 3.63) is 57.0 Å². The highest BCUT2D eigenvalue weighted by Crippen LogP contribution is 2.29. The van der Waals surface area contributed by atoms with Crippen LogP contribution in [0.4, 0.5) is 11.4 Å². The molecule has 0 bridgehead atoms. The Bertz CT molecular complexity index is 862. The predicted octanol–water partition coefficient (Wildman–Crippen LogP) is 2.19. The fourth-order valence-electron chi connectivity index (χ4n) is 2.24. The van der Waals surface area contributed by atoms with Gasteiger partial charge in [-0.1, -0.05) is 0 Å². The zero-order valence-electron chi connectivity index (χ0n) is 14.4. The molecule has 26 heavy (non-hydrogen) atoms. The average Bonchev–Trinajstić information content (AvgIpc) is 2.59. The van der Waals surface area contributed by atoms with Crippen LogP contribution in [0.3, 0.4) is 0 Å². The van der Waals surface area contributed by atoms with E-state index in [1.165, 1.54) is 0 Å². The van der Waals surface area contributed by atoms with Gasteiger partial charge in [0.1, 0.15) is 18.0 Å². The molecule has 0 aliphatic carbocycles. The largest absolute Gasteiger partial charge is 0.494 e. The summed E-state index contributed by atoms with van der Waals surface area (Å²) in [6, 6.07) is 7.14. The maximum absolute atomic E-state index is 12.3. The van der Waals surface area contributed by atoms with Crippen LogP contribution in [0.15, 0.2) is 41.3 Å². The van der Waals surface area contributed by atoms with Crippen LogP contribution in [-0.2, 0) is 11.3 Å². The predicted molar refractivity (Wildman–Crippen MR) is 94.8 cm³/mol. The fourth-order valence-corrected chi connectivity index (χ4v) is 2.24. The van der Waals surface area contributed by atoms with Crippen molar-refractivity contribution in [2.75, 3.05) is 18.5 Å². The molecule has 9 heteroatoms. The topological polar surface area (TPSA) is 113 Å². The number of carbonyl (C=O) groups excluding carboxylic acids is 1. The second-order valence-electron chi connectivity index (χ2n) is 5.18. The summed E-state index contributed by atoms with van der Waals surface area (Å²) >= 11 is 0. The highest BCUT2D eigenvalue weighted by Gasteiger charge is 2.13. The van der Waals surface area contributed by atoms with Crippen LogP contribution < -0.4 is 20.3 Å². The lowest BCUT2D eigenvalue weighted by Crippen LogP contribution is -2.27. The monoisotopic (exact) mass is 361 g/mol. The number of hydrogen-bond acceptors (Lipinski definition) is 6. The number of nitrogens with one attached hydrogen (secondary N) is 1. The van der Waals surface area contributed by atoms with E-state index in [1.807, 2.05) is 13.8 Å². The van der Waals surface area contributed by atoms with Crippen LogP contribution in [0.5, 0.6) is 11.5 Å². The van der Waals surface area contributed by atoms with Gasteiger partial charge in [0, 0.05) is 18.2 Å². The molecular formula is C17H19N3O6. The van der Waals surface area contributed by atoms with Crippen LogP contribution in [-0.4, -0.2) is 28.6 Å². The molecule has 2 rings (SSSR count). The summed E-state index contributed by atoms with van der Waals surface area (Å²) in [6.07, 6.45) is 1.03. The van der Waals surface area contributed by atoms with Crippen LogP contribution in [0.1, 0.15) is 13.8 Å². The van der Waals surface area contributed by atoms with Gasteiger partial charge in [0.2, 0.25) is 5.91 Å². The Kier molecular flexibility index (Phi) is 6.31. The van der Waals surface area contributed by atoms with Gasteiger partial charge >= 0.3 is 0 Å². The molecule has 2 aromatic rings. The summed E-state index contributed by atoms with van der Waals surface area (Å²) in [7, 11) is 0. The lowest BCUT2D eigenvalue weighted by molar-refractivity contribution is -0.385. The van der Waals surface area contributed by atoms with E-state index in [1.54, 1.807) is 18.2 Å². The van der Waals surface area contributed by atoms with Gasteiger partial charge in [-0.2, -0.15) is 0 Å². The molecule has 0 fully saturated rings. The fraction of sp³-hybridized carbons (Fsp3) is 0.294. The van der Waals surface area contributed by atoms with Crippen molar-refractivity contribution in [3.63, 3.8) is 0 Å². The smallest absolute Gasteiger partial charge is 0.285 e. The number of ether oxygens (including phenoxy) is 2. The Morgan fingerprint density at radius 1 is 1.19 bits per heavy atom. The molecule has 0 spiro atoms. The molecule has 1 aromatic heterocycles. The Morgan fingerprint density at radius 2 is 1.92 bits per heavy atom. The minimum absolute atomic E-state index is 0.272.